The lowest BCUT2D eigenvalue weighted by Crippen LogP contribution is -2.20. The van der Waals surface area contributed by atoms with Gasteiger partial charge >= 0.3 is 5.97 Å². The van der Waals surface area contributed by atoms with Crippen molar-refractivity contribution in [3.05, 3.63) is 29.6 Å². The van der Waals surface area contributed by atoms with Gasteiger partial charge in [0.15, 0.2) is 0 Å². The number of hydrogen-bond donors (Lipinski definition) is 1. The number of rotatable bonds is 3. The topological polar surface area (TPSA) is 55.1 Å². The van der Waals surface area contributed by atoms with Crippen LogP contribution in [-0.4, -0.2) is 20.6 Å². The van der Waals surface area contributed by atoms with Gasteiger partial charge in [0.2, 0.25) is 0 Å². The third-order valence-electron chi connectivity index (χ3n) is 4.85. The molecule has 112 valence electrons. The average molecular weight is 286 g/mol. The Hall–Kier alpha value is -1.84. The van der Waals surface area contributed by atoms with Gasteiger partial charge in [-0.05, 0) is 50.8 Å². The summed E-state index contributed by atoms with van der Waals surface area (Å²) in [5.41, 5.74) is 2.17. The molecule has 0 spiro atoms. The van der Waals surface area contributed by atoms with Crippen molar-refractivity contribution >= 4 is 17.0 Å². The van der Waals surface area contributed by atoms with Crippen molar-refractivity contribution < 1.29 is 9.90 Å². The molecule has 0 saturated heterocycles. The molecule has 1 aliphatic rings. The Balaban J connectivity index is 2.05. The Bertz CT molecular complexity index is 669. The predicted molar refractivity (Wildman–Crippen MR) is 82.7 cm³/mol. The molecule has 0 bridgehead atoms. The van der Waals surface area contributed by atoms with Crippen LogP contribution in [0.15, 0.2) is 18.2 Å². The molecular formula is C17H22N2O2. The third kappa shape index (κ3) is 2.55. The largest absolute Gasteiger partial charge is 0.478 e. The van der Waals surface area contributed by atoms with Gasteiger partial charge in [-0.25, -0.2) is 9.78 Å². The molecule has 1 fully saturated rings. The first-order valence-corrected chi connectivity index (χ1v) is 7.80. The van der Waals surface area contributed by atoms with Crippen LogP contribution in [0, 0.1) is 12.8 Å². The van der Waals surface area contributed by atoms with Crippen molar-refractivity contribution in [3.63, 3.8) is 0 Å². The second-order valence-corrected chi connectivity index (χ2v) is 6.18. The quantitative estimate of drug-likeness (QED) is 0.920. The Morgan fingerprint density at radius 3 is 2.71 bits per heavy atom. The lowest BCUT2D eigenvalue weighted by Gasteiger charge is -2.29. The highest BCUT2D eigenvalue weighted by molar-refractivity contribution is 5.92. The van der Waals surface area contributed by atoms with Crippen LogP contribution in [0.4, 0.5) is 0 Å². The Kier molecular flexibility index (Phi) is 3.70. The molecule has 21 heavy (non-hydrogen) atoms. The maximum Gasteiger partial charge on any atom is 0.335 e. The molecule has 1 N–H and O–H groups in total. The number of nitrogens with zero attached hydrogens (tertiary/aromatic N) is 2. The van der Waals surface area contributed by atoms with Crippen LogP contribution >= 0.6 is 0 Å². The van der Waals surface area contributed by atoms with Crippen LogP contribution < -0.4 is 0 Å². The van der Waals surface area contributed by atoms with Gasteiger partial charge in [-0.3, -0.25) is 0 Å². The van der Waals surface area contributed by atoms with Crippen LogP contribution in [0.1, 0.15) is 61.3 Å². The lowest BCUT2D eigenvalue weighted by molar-refractivity contribution is 0.0697. The summed E-state index contributed by atoms with van der Waals surface area (Å²) in [5.74, 6) is 0.765. The molecule has 0 amide bonds. The number of aromatic carboxylic acids is 1. The number of aromatic nitrogens is 2. The summed E-state index contributed by atoms with van der Waals surface area (Å²) < 4.78 is 2.23. The number of benzene rings is 1. The molecular weight excluding hydrogens is 264 g/mol. The highest BCUT2D eigenvalue weighted by atomic mass is 16.4. The van der Waals surface area contributed by atoms with Gasteiger partial charge in [0.05, 0.1) is 16.6 Å². The fourth-order valence-electron chi connectivity index (χ4n) is 3.69. The molecule has 3 rings (SSSR count). The number of carbonyl (C=O) groups is 1. The van der Waals surface area contributed by atoms with Crippen LogP contribution in [0.2, 0.25) is 0 Å². The summed E-state index contributed by atoms with van der Waals surface area (Å²) in [6.07, 6.45) is 6.48. The van der Waals surface area contributed by atoms with Crippen molar-refractivity contribution in [3.8, 4) is 0 Å². The van der Waals surface area contributed by atoms with Crippen LogP contribution in [0.5, 0.6) is 0 Å². The van der Waals surface area contributed by atoms with Crippen LogP contribution in [0.3, 0.4) is 0 Å². The second-order valence-electron chi connectivity index (χ2n) is 6.18. The zero-order valence-corrected chi connectivity index (χ0v) is 12.7. The SMILES string of the molecule is Cc1nc2ccc(C(=O)O)cc2n1C(C)C1CCCCC1. The first kappa shape index (κ1) is 14.1. The zero-order chi connectivity index (χ0) is 15.0. The normalized spacial score (nSPS) is 18.0. The van der Waals surface area contributed by atoms with E-state index in [0.717, 1.165) is 16.9 Å². The molecule has 1 aliphatic carbocycles. The van der Waals surface area contributed by atoms with Crippen molar-refractivity contribution in [1.82, 2.24) is 9.55 Å². The summed E-state index contributed by atoms with van der Waals surface area (Å²) in [5, 5.41) is 9.20. The zero-order valence-electron chi connectivity index (χ0n) is 12.7. The minimum Gasteiger partial charge on any atom is -0.478 e. The van der Waals surface area contributed by atoms with Gasteiger partial charge in [-0.1, -0.05) is 19.3 Å². The molecule has 2 aromatic rings. The molecule has 0 aliphatic heterocycles. The molecule has 1 unspecified atom stereocenters. The van der Waals surface area contributed by atoms with Gasteiger partial charge in [0, 0.05) is 6.04 Å². The monoisotopic (exact) mass is 286 g/mol. The van der Waals surface area contributed by atoms with E-state index in [9.17, 15) is 9.90 Å². The van der Waals surface area contributed by atoms with Crippen LogP contribution in [-0.2, 0) is 0 Å². The van der Waals surface area contributed by atoms with E-state index in [1.807, 2.05) is 13.0 Å². The van der Waals surface area contributed by atoms with Crippen molar-refractivity contribution in [2.45, 2.75) is 52.0 Å². The van der Waals surface area contributed by atoms with E-state index in [1.54, 1.807) is 12.1 Å². The predicted octanol–water partition coefficient (Wildman–Crippen LogP) is 4.18. The van der Waals surface area contributed by atoms with Gasteiger partial charge in [-0.15, -0.1) is 0 Å². The van der Waals surface area contributed by atoms with Gasteiger partial charge in [0.25, 0.3) is 0 Å². The lowest BCUT2D eigenvalue weighted by atomic mass is 9.84. The van der Waals surface area contributed by atoms with Crippen molar-refractivity contribution in [2.24, 2.45) is 5.92 Å². The highest BCUT2D eigenvalue weighted by Gasteiger charge is 2.24. The van der Waals surface area contributed by atoms with E-state index in [0.29, 0.717) is 17.5 Å². The molecule has 4 nitrogen and oxygen atoms in total. The molecule has 1 atom stereocenters. The first-order chi connectivity index (χ1) is 10.1. The summed E-state index contributed by atoms with van der Waals surface area (Å²) in [7, 11) is 0. The Morgan fingerprint density at radius 1 is 1.33 bits per heavy atom. The molecule has 1 heterocycles. The van der Waals surface area contributed by atoms with Gasteiger partial charge < -0.3 is 9.67 Å². The summed E-state index contributed by atoms with van der Waals surface area (Å²) in [4.78, 5) is 15.8. The molecule has 1 saturated carbocycles. The smallest absolute Gasteiger partial charge is 0.335 e. The number of carboxylic acid groups (broad SMARTS) is 1. The highest BCUT2D eigenvalue weighted by Crippen LogP contribution is 2.35. The average Bonchev–Trinajstić information content (AvgIpc) is 2.82. The van der Waals surface area contributed by atoms with E-state index < -0.39 is 5.97 Å². The van der Waals surface area contributed by atoms with Crippen molar-refractivity contribution in [2.75, 3.05) is 0 Å². The maximum absolute atomic E-state index is 11.2. The molecule has 1 aromatic carbocycles. The Labute approximate surface area is 124 Å². The fraction of sp³-hybridized carbons (Fsp3) is 0.529. The maximum atomic E-state index is 11.2. The molecule has 1 aromatic heterocycles. The molecule has 4 heteroatoms. The van der Waals surface area contributed by atoms with E-state index in [4.69, 9.17) is 0 Å². The number of hydrogen-bond acceptors (Lipinski definition) is 2. The van der Waals surface area contributed by atoms with Gasteiger partial charge in [-0.2, -0.15) is 0 Å². The second kappa shape index (κ2) is 5.51. The molecule has 0 radical (unpaired) electrons. The summed E-state index contributed by atoms with van der Waals surface area (Å²) in [6.45, 7) is 4.26. The summed E-state index contributed by atoms with van der Waals surface area (Å²) >= 11 is 0. The van der Waals surface area contributed by atoms with Crippen LogP contribution in [0.25, 0.3) is 11.0 Å². The number of imidazole rings is 1. The van der Waals surface area contributed by atoms with E-state index in [2.05, 4.69) is 16.5 Å². The number of aryl methyl sites for hydroxylation is 1. The van der Waals surface area contributed by atoms with Crippen molar-refractivity contribution in [1.29, 1.82) is 0 Å². The standard InChI is InChI=1S/C17H22N2O2/c1-11(13-6-4-3-5-7-13)19-12(2)18-15-9-8-14(17(20)21)10-16(15)19/h8-11,13H,3-7H2,1-2H3,(H,20,21). The van der Waals surface area contributed by atoms with E-state index in [1.165, 1.54) is 32.1 Å². The van der Waals surface area contributed by atoms with E-state index >= 15 is 0 Å². The Morgan fingerprint density at radius 2 is 2.05 bits per heavy atom. The number of carboxylic acids is 1. The number of fused-ring (bicyclic) bond motifs is 1. The van der Waals surface area contributed by atoms with E-state index in [-0.39, 0.29) is 0 Å². The minimum atomic E-state index is -0.882. The fourth-order valence-corrected chi connectivity index (χ4v) is 3.69. The third-order valence-corrected chi connectivity index (χ3v) is 4.85. The summed E-state index contributed by atoms with van der Waals surface area (Å²) in [6, 6.07) is 5.58. The first-order valence-electron chi connectivity index (χ1n) is 7.80. The minimum absolute atomic E-state index is 0.333. The van der Waals surface area contributed by atoms with Gasteiger partial charge in [0.1, 0.15) is 5.82 Å².